The molecule has 2 aromatic rings. The van der Waals surface area contributed by atoms with Crippen LogP contribution in [0.15, 0.2) is 36.4 Å². The molecule has 0 unspecified atom stereocenters. The maximum Gasteiger partial charge on any atom is 0.412 e. The molecule has 0 radical (unpaired) electrons. The zero-order chi connectivity index (χ0) is 22.1. The number of carboxylic acid groups (broad SMARTS) is 1. The molecule has 2 aromatic carbocycles. The van der Waals surface area contributed by atoms with Crippen LogP contribution in [0.1, 0.15) is 37.6 Å². The van der Waals surface area contributed by atoms with Crippen molar-refractivity contribution in [2.45, 2.75) is 32.8 Å². The first-order valence-electron chi connectivity index (χ1n) is 9.43. The van der Waals surface area contributed by atoms with E-state index in [1.54, 1.807) is 32.9 Å². The Kier molecular flexibility index (Phi) is 8.86. The molecule has 0 spiro atoms. The molecule has 2 rings (SSSR count). The standard InChI is InChI=1S/C21H26N2O5S2/c1-21(2,3)28-20(27)23-17-13-15-7-5-4-6-14(15)12-16(17)19(26)22-9-11-30-29-10-8-18(24)25/h4-7,12-13H,8-11H2,1-3H3,(H,22,26)(H,23,27)(H,24,25). The normalized spacial score (nSPS) is 11.2. The summed E-state index contributed by atoms with van der Waals surface area (Å²) < 4.78 is 5.31. The number of anilines is 1. The summed E-state index contributed by atoms with van der Waals surface area (Å²) in [4.78, 5) is 35.5. The van der Waals surface area contributed by atoms with Crippen LogP contribution < -0.4 is 10.6 Å². The number of aliphatic carboxylic acids is 1. The second-order valence-electron chi connectivity index (χ2n) is 7.42. The summed E-state index contributed by atoms with van der Waals surface area (Å²) in [6.45, 7) is 5.73. The third-order valence-corrected chi connectivity index (χ3v) is 6.13. The largest absolute Gasteiger partial charge is 0.481 e. The number of benzene rings is 2. The summed E-state index contributed by atoms with van der Waals surface area (Å²) in [6.07, 6.45) is -0.516. The fraction of sp³-hybridized carbons (Fsp3) is 0.381. The highest BCUT2D eigenvalue weighted by Crippen LogP contribution is 2.25. The fourth-order valence-corrected chi connectivity index (χ4v) is 4.38. The predicted octanol–water partition coefficient (Wildman–Crippen LogP) is 4.77. The lowest BCUT2D eigenvalue weighted by Gasteiger charge is -2.20. The fourth-order valence-electron chi connectivity index (χ4n) is 2.49. The molecule has 0 aliphatic carbocycles. The van der Waals surface area contributed by atoms with Gasteiger partial charge in [-0.1, -0.05) is 45.9 Å². The average molecular weight is 451 g/mol. The van der Waals surface area contributed by atoms with Crippen LogP contribution in [0.5, 0.6) is 0 Å². The smallest absolute Gasteiger partial charge is 0.412 e. The van der Waals surface area contributed by atoms with Gasteiger partial charge >= 0.3 is 12.1 Å². The Morgan fingerprint density at radius 3 is 2.30 bits per heavy atom. The molecule has 3 N–H and O–H groups in total. The zero-order valence-corrected chi connectivity index (χ0v) is 18.8. The summed E-state index contributed by atoms with van der Waals surface area (Å²) in [5.74, 6) is 0.0294. The van der Waals surface area contributed by atoms with Crippen LogP contribution in [-0.4, -0.2) is 46.7 Å². The highest BCUT2D eigenvalue weighted by molar-refractivity contribution is 8.76. The van der Waals surface area contributed by atoms with Crippen molar-refractivity contribution in [3.05, 3.63) is 42.0 Å². The first kappa shape index (κ1) is 23.9. The maximum absolute atomic E-state index is 12.8. The number of carboxylic acids is 1. The van der Waals surface area contributed by atoms with E-state index in [2.05, 4.69) is 10.6 Å². The summed E-state index contributed by atoms with van der Waals surface area (Å²) in [5.41, 5.74) is 0.0748. The molecule has 0 saturated carbocycles. The van der Waals surface area contributed by atoms with Crippen LogP contribution in [0.4, 0.5) is 10.5 Å². The third-order valence-electron chi connectivity index (χ3n) is 3.72. The highest BCUT2D eigenvalue weighted by atomic mass is 33.1. The van der Waals surface area contributed by atoms with Gasteiger partial charge in [-0.3, -0.25) is 14.9 Å². The van der Waals surface area contributed by atoms with Crippen LogP contribution in [0, 0.1) is 0 Å². The van der Waals surface area contributed by atoms with Crippen molar-refractivity contribution >= 4 is 56.0 Å². The minimum atomic E-state index is -0.822. The third kappa shape index (κ3) is 8.16. The van der Waals surface area contributed by atoms with E-state index in [1.807, 2.05) is 24.3 Å². The first-order chi connectivity index (χ1) is 14.2. The van der Waals surface area contributed by atoms with Crippen molar-refractivity contribution in [1.82, 2.24) is 5.32 Å². The number of amides is 2. The van der Waals surface area contributed by atoms with Gasteiger partial charge in [0.2, 0.25) is 0 Å². The molecule has 9 heteroatoms. The van der Waals surface area contributed by atoms with Gasteiger partial charge in [-0.05, 0) is 43.7 Å². The van der Waals surface area contributed by atoms with Crippen LogP contribution in [-0.2, 0) is 9.53 Å². The van der Waals surface area contributed by atoms with Crippen molar-refractivity contribution in [3.63, 3.8) is 0 Å². The van der Waals surface area contributed by atoms with Gasteiger partial charge in [0, 0.05) is 18.1 Å². The van der Waals surface area contributed by atoms with Crippen molar-refractivity contribution < 1.29 is 24.2 Å². The average Bonchev–Trinajstić information content (AvgIpc) is 2.64. The molecule has 0 saturated heterocycles. The molecule has 0 atom stereocenters. The number of ether oxygens (including phenoxy) is 1. The summed E-state index contributed by atoms with van der Waals surface area (Å²) in [6, 6.07) is 11.1. The van der Waals surface area contributed by atoms with Gasteiger partial charge in [0.25, 0.3) is 5.91 Å². The van der Waals surface area contributed by atoms with E-state index in [1.165, 1.54) is 21.6 Å². The van der Waals surface area contributed by atoms with Gasteiger partial charge in [-0.2, -0.15) is 0 Å². The second kappa shape index (κ2) is 11.1. The molecular weight excluding hydrogens is 424 g/mol. The molecule has 0 aliphatic heterocycles. The van der Waals surface area contributed by atoms with E-state index in [9.17, 15) is 14.4 Å². The van der Waals surface area contributed by atoms with Gasteiger partial charge in [-0.15, -0.1) is 0 Å². The van der Waals surface area contributed by atoms with Gasteiger partial charge < -0.3 is 15.2 Å². The quantitative estimate of drug-likeness (QED) is 0.373. The van der Waals surface area contributed by atoms with Crippen LogP contribution >= 0.6 is 21.6 Å². The molecule has 7 nitrogen and oxygen atoms in total. The van der Waals surface area contributed by atoms with Crippen LogP contribution in [0.25, 0.3) is 10.8 Å². The number of carbonyl (C=O) groups is 3. The maximum atomic E-state index is 12.8. The Hall–Kier alpha value is -2.39. The molecule has 0 bridgehead atoms. The predicted molar refractivity (Wildman–Crippen MR) is 123 cm³/mol. The van der Waals surface area contributed by atoms with Gasteiger partial charge in [-0.25, -0.2) is 4.79 Å². The minimum absolute atomic E-state index is 0.112. The molecule has 0 heterocycles. The molecule has 162 valence electrons. The number of nitrogens with one attached hydrogen (secondary N) is 2. The Labute approximate surface area is 183 Å². The van der Waals surface area contributed by atoms with Crippen molar-refractivity contribution in [2.75, 3.05) is 23.4 Å². The van der Waals surface area contributed by atoms with E-state index in [-0.39, 0.29) is 12.3 Å². The number of hydrogen-bond donors (Lipinski definition) is 3. The Morgan fingerprint density at radius 2 is 1.67 bits per heavy atom. The van der Waals surface area contributed by atoms with Gasteiger partial charge in [0.15, 0.2) is 0 Å². The van der Waals surface area contributed by atoms with E-state index in [4.69, 9.17) is 9.84 Å². The Morgan fingerprint density at radius 1 is 1.03 bits per heavy atom. The first-order valence-corrected chi connectivity index (χ1v) is 11.9. The van der Waals surface area contributed by atoms with Crippen LogP contribution in [0.3, 0.4) is 0 Å². The lowest BCUT2D eigenvalue weighted by molar-refractivity contribution is -0.136. The molecule has 0 aliphatic rings. The van der Waals surface area contributed by atoms with Gasteiger partial charge in [0.05, 0.1) is 17.7 Å². The molecule has 2 amide bonds. The number of hydrogen-bond acceptors (Lipinski definition) is 6. The molecule has 30 heavy (non-hydrogen) atoms. The molecule has 0 aromatic heterocycles. The van der Waals surface area contributed by atoms with Gasteiger partial charge in [0.1, 0.15) is 5.60 Å². The summed E-state index contributed by atoms with van der Waals surface area (Å²) in [7, 11) is 2.96. The zero-order valence-electron chi connectivity index (χ0n) is 17.2. The Bertz CT molecular complexity index is 912. The molecule has 0 fully saturated rings. The second-order valence-corrected chi connectivity index (χ2v) is 10.1. The SMILES string of the molecule is CC(C)(C)OC(=O)Nc1cc2ccccc2cc1C(=O)NCCSSCCC(=O)O. The summed E-state index contributed by atoms with van der Waals surface area (Å²) in [5, 5.41) is 15.9. The summed E-state index contributed by atoms with van der Waals surface area (Å²) >= 11 is 0. The topological polar surface area (TPSA) is 105 Å². The van der Waals surface area contributed by atoms with Crippen molar-refractivity contribution in [3.8, 4) is 0 Å². The lowest BCUT2D eigenvalue weighted by Crippen LogP contribution is -2.29. The number of fused-ring (bicyclic) bond motifs is 1. The lowest BCUT2D eigenvalue weighted by atomic mass is 10.0. The van der Waals surface area contributed by atoms with E-state index in [0.29, 0.717) is 29.3 Å². The van der Waals surface area contributed by atoms with E-state index >= 15 is 0 Å². The number of carbonyl (C=O) groups excluding carboxylic acids is 2. The Balaban J connectivity index is 2.05. The van der Waals surface area contributed by atoms with Crippen molar-refractivity contribution in [2.24, 2.45) is 0 Å². The highest BCUT2D eigenvalue weighted by Gasteiger charge is 2.19. The molecular formula is C21H26N2O5S2. The van der Waals surface area contributed by atoms with Crippen LogP contribution in [0.2, 0.25) is 0 Å². The minimum Gasteiger partial charge on any atom is -0.481 e. The van der Waals surface area contributed by atoms with E-state index in [0.717, 1.165) is 10.8 Å². The van der Waals surface area contributed by atoms with E-state index < -0.39 is 17.7 Å². The van der Waals surface area contributed by atoms with Crippen molar-refractivity contribution in [1.29, 1.82) is 0 Å². The monoisotopic (exact) mass is 450 g/mol. The number of rotatable bonds is 9.